The summed E-state index contributed by atoms with van der Waals surface area (Å²) in [5.74, 6) is 1.74. The molecule has 4 aromatic rings. The summed E-state index contributed by atoms with van der Waals surface area (Å²) in [6.07, 6.45) is -0.601. The van der Waals surface area contributed by atoms with Crippen LogP contribution in [-0.4, -0.2) is 220 Å². The number of aromatic nitrogens is 8. The molecule has 12 atom stereocenters. The lowest BCUT2D eigenvalue weighted by atomic mass is 9.91. The number of fused-ring (bicyclic) bond motifs is 2. The first-order valence-electron chi connectivity index (χ1n) is 25.3. The SMILES string of the molecule is O=C(N[C@@H]1CCNC1)N[C@@H]1CCN(c2nc(N[C@H]3CC[C@H](Nc4nc(N5CC[C@@H](NC(=O)N[C@@H]6CCNC6)C5)nc5c4ncn5[C@@H]4O[C@H](CO)[C@@H](O)[C@H]4O)CC3)c3ncn([C@@H]4O[C@H](CO)[C@@H](O)[C@H]4O)c3n2)C1. The molecule has 14 N–H and O–H groups in total. The number of rotatable bonds is 14. The van der Waals surface area contributed by atoms with Gasteiger partial charge in [-0.05, 0) is 64.5 Å². The molecule has 4 aromatic heterocycles. The van der Waals surface area contributed by atoms with Crippen LogP contribution in [-0.2, 0) is 9.47 Å². The van der Waals surface area contributed by atoms with Gasteiger partial charge in [-0.2, -0.15) is 19.9 Å². The van der Waals surface area contributed by atoms with E-state index in [0.717, 1.165) is 39.0 Å². The fourth-order valence-electron chi connectivity index (χ4n) is 11.2. The van der Waals surface area contributed by atoms with Crippen molar-refractivity contribution >= 4 is 57.9 Å². The largest absolute Gasteiger partial charge is 0.394 e. The van der Waals surface area contributed by atoms with E-state index in [2.05, 4.69) is 52.5 Å². The molecule has 6 saturated heterocycles. The molecule has 7 fully saturated rings. The van der Waals surface area contributed by atoms with E-state index >= 15 is 0 Å². The van der Waals surface area contributed by atoms with Gasteiger partial charge in [-0.3, -0.25) is 9.13 Å². The molecule has 72 heavy (non-hydrogen) atoms. The Morgan fingerprint density at radius 2 is 0.972 bits per heavy atom. The fraction of sp³-hybridized carbons (Fsp3) is 0.727. The first kappa shape index (κ1) is 48.7. The summed E-state index contributed by atoms with van der Waals surface area (Å²) < 4.78 is 14.9. The smallest absolute Gasteiger partial charge is 0.315 e. The molecule has 10 heterocycles. The quantitative estimate of drug-likeness (QED) is 0.0583. The van der Waals surface area contributed by atoms with Gasteiger partial charge >= 0.3 is 12.1 Å². The number of aliphatic hydroxyl groups excluding tert-OH is 6. The average Bonchev–Trinajstić information content (AvgIpc) is 4.24. The fourth-order valence-corrected chi connectivity index (χ4v) is 11.2. The van der Waals surface area contributed by atoms with Crippen LogP contribution in [0.5, 0.6) is 0 Å². The standard InChI is InChI=1S/C44H66N18O10/c63-17-27-31(65)33(67)39(71-27)61-19-47-29-35(55-41(57-37(29)61)59-11-7-25(15-59)53-43(69)51-23-5-9-45-13-23)49-21-1-2-22(4-3-21)50-36-30-38(62(20-48-30)40-34(68)32(66)28(18-64)72-40)58-42(56-36)60-12-8-26(16-60)54-44(70)52-24-6-10-46-14-24/h19-28,31-34,39-40,45-46,63-68H,1-18H2,(H,49,55,57)(H,50,56,58)(H2,51,53,69)(H2,52,54,70)/t21-,22-,23-,24-,25-,26-,27-,28-,31-,32-,33-,34-,39-,40-/m1/s1. The summed E-state index contributed by atoms with van der Waals surface area (Å²) in [5.41, 5.74) is 1.59. The average molecular weight is 1010 g/mol. The van der Waals surface area contributed by atoms with Crippen LogP contribution in [0.15, 0.2) is 12.7 Å². The van der Waals surface area contributed by atoms with Crippen molar-refractivity contribution in [3.8, 4) is 0 Å². The summed E-state index contributed by atoms with van der Waals surface area (Å²) >= 11 is 0. The van der Waals surface area contributed by atoms with Gasteiger partial charge in [-0.15, -0.1) is 0 Å². The van der Waals surface area contributed by atoms with Gasteiger partial charge in [0.1, 0.15) is 36.6 Å². The van der Waals surface area contributed by atoms with Crippen molar-refractivity contribution < 1.29 is 49.7 Å². The Kier molecular flexibility index (Phi) is 14.0. The second-order valence-corrected chi connectivity index (χ2v) is 20.2. The van der Waals surface area contributed by atoms with Crippen LogP contribution < -0.4 is 52.3 Å². The van der Waals surface area contributed by atoms with E-state index in [4.69, 9.17) is 29.4 Å². The Labute approximate surface area is 413 Å². The predicted octanol–water partition coefficient (Wildman–Crippen LogP) is -3.50. The molecule has 1 saturated carbocycles. The second kappa shape index (κ2) is 20.7. The highest BCUT2D eigenvalue weighted by Crippen LogP contribution is 2.37. The van der Waals surface area contributed by atoms with Gasteiger partial charge in [0, 0.05) is 75.5 Å². The number of nitrogens with zero attached hydrogens (tertiary/aromatic N) is 10. The van der Waals surface area contributed by atoms with Gasteiger partial charge in [0.25, 0.3) is 0 Å². The van der Waals surface area contributed by atoms with Crippen LogP contribution in [0.3, 0.4) is 0 Å². The first-order chi connectivity index (χ1) is 35.0. The zero-order chi connectivity index (χ0) is 49.6. The van der Waals surface area contributed by atoms with Crippen LogP contribution in [0.4, 0.5) is 33.1 Å². The van der Waals surface area contributed by atoms with Crippen LogP contribution in [0.25, 0.3) is 22.3 Å². The number of aliphatic hydroxyl groups is 6. The maximum atomic E-state index is 12.9. The minimum absolute atomic E-state index is 0.0434. The van der Waals surface area contributed by atoms with Gasteiger partial charge in [0.15, 0.2) is 46.4 Å². The molecule has 4 amide bonds. The number of imidazole rings is 2. The number of carbonyl (C=O) groups is 2. The molecule has 0 aromatic carbocycles. The molecular formula is C44H66N18O10. The number of carbonyl (C=O) groups excluding carboxylic acids is 2. The molecule has 28 heteroatoms. The zero-order valence-corrected chi connectivity index (χ0v) is 39.8. The highest BCUT2D eigenvalue weighted by atomic mass is 16.6. The van der Waals surface area contributed by atoms with E-state index in [1.165, 1.54) is 12.7 Å². The van der Waals surface area contributed by atoms with Gasteiger partial charge in [0.05, 0.1) is 25.9 Å². The van der Waals surface area contributed by atoms with Gasteiger partial charge in [-0.1, -0.05) is 0 Å². The van der Waals surface area contributed by atoms with E-state index in [1.54, 1.807) is 9.13 Å². The van der Waals surface area contributed by atoms with E-state index in [9.17, 15) is 40.2 Å². The van der Waals surface area contributed by atoms with Crippen molar-refractivity contribution in [2.45, 2.75) is 137 Å². The van der Waals surface area contributed by atoms with E-state index in [1.807, 2.05) is 9.80 Å². The maximum Gasteiger partial charge on any atom is 0.315 e. The van der Waals surface area contributed by atoms with E-state index in [0.29, 0.717) is 111 Å². The summed E-state index contributed by atoms with van der Waals surface area (Å²) in [5, 5.41) is 89.1. The number of urea groups is 2. The highest BCUT2D eigenvalue weighted by Gasteiger charge is 2.46. The number of nitrogens with one attached hydrogen (secondary N) is 8. The lowest BCUT2D eigenvalue weighted by Gasteiger charge is -2.31. The minimum atomic E-state index is -1.36. The van der Waals surface area contributed by atoms with Gasteiger partial charge in [-0.25, -0.2) is 19.6 Å². The van der Waals surface area contributed by atoms with Crippen LogP contribution in [0, 0.1) is 0 Å². The normalized spacial score (nSPS) is 33.9. The number of ether oxygens (including phenoxy) is 2. The third-order valence-corrected chi connectivity index (χ3v) is 15.2. The highest BCUT2D eigenvalue weighted by molar-refractivity contribution is 5.86. The number of anilines is 4. The Morgan fingerprint density at radius 3 is 1.35 bits per heavy atom. The molecule has 392 valence electrons. The topological polar surface area (TPSA) is 364 Å². The second-order valence-electron chi connectivity index (χ2n) is 20.2. The van der Waals surface area contributed by atoms with Gasteiger partial charge in [0.2, 0.25) is 11.9 Å². The minimum Gasteiger partial charge on any atom is -0.394 e. The molecule has 0 unspecified atom stereocenters. The maximum absolute atomic E-state index is 12.9. The van der Waals surface area contributed by atoms with Crippen LogP contribution in [0.1, 0.15) is 63.8 Å². The summed E-state index contributed by atoms with van der Waals surface area (Å²) in [7, 11) is 0. The van der Waals surface area contributed by atoms with Crippen molar-refractivity contribution in [3.63, 3.8) is 0 Å². The first-order valence-corrected chi connectivity index (χ1v) is 25.3. The summed E-state index contributed by atoms with van der Waals surface area (Å²) in [4.78, 5) is 59.0. The lowest BCUT2D eigenvalue weighted by Crippen LogP contribution is -2.47. The molecule has 0 spiro atoms. The Balaban J connectivity index is 0.807. The molecule has 6 aliphatic heterocycles. The molecular weight excluding hydrogens is 941 g/mol. The molecule has 1 aliphatic carbocycles. The van der Waals surface area contributed by atoms with Crippen molar-refractivity contribution in [2.24, 2.45) is 0 Å². The number of hydrogen-bond donors (Lipinski definition) is 14. The molecule has 11 rings (SSSR count). The molecule has 7 aliphatic rings. The molecule has 28 nitrogen and oxygen atoms in total. The molecule has 0 bridgehead atoms. The summed E-state index contributed by atoms with van der Waals surface area (Å²) in [6, 6.07) is -0.670. The van der Waals surface area contributed by atoms with Crippen molar-refractivity contribution in [1.82, 2.24) is 70.9 Å². The zero-order valence-electron chi connectivity index (χ0n) is 39.8. The third kappa shape index (κ3) is 9.83. The Bertz CT molecular complexity index is 2380. The third-order valence-electron chi connectivity index (χ3n) is 15.2. The predicted molar refractivity (Wildman–Crippen MR) is 257 cm³/mol. The van der Waals surface area contributed by atoms with Crippen molar-refractivity contribution in [1.29, 1.82) is 0 Å². The van der Waals surface area contributed by atoms with Crippen LogP contribution in [0.2, 0.25) is 0 Å². The molecule has 0 radical (unpaired) electrons. The number of hydrogen-bond acceptors (Lipinski definition) is 22. The Morgan fingerprint density at radius 1 is 0.556 bits per heavy atom. The Hall–Kier alpha value is -5.56. The number of amides is 4. The lowest BCUT2D eigenvalue weighted by molar-refractivity contribution is -0.0511. The van der Waals surface area contributed by atoms with Crippen molar-refractivity contribution in [2.75, 3.05) is 86.0 Å². The summed E-state index contributed by atoms with van der Waals surface area (Å²) in [6.45, 7) is 4.28. The van der Waals surface area contributed by atoms with Crippen LogP contribution >= 0.6 is 0 Å². The van der Waals surface area contributed by atoms with Gasteiger partial charge < -0.3 is 92.4 Å². The van der Waals surface area contributed by atoms with E-state index in [-0.39, 0.29) is 48.3 Å². The van der Waals surface area contributed by atoms with E-state index < -0.39 is 62.3 Å². The monoisotopic (exact) mass is 1010 g/mol. The van der Waals surface area contributed by atoms with Crippen molar-refractivity contribution in [3.05, 3.63) is 12.7 Å².